The molecule has 1 aliphatic heterocycles. The zero-order chi connectivity index (χ0) is 15.8. The number of thiazole rings is 1. The number of ether oxygens (including phenoxy) is 2. The summed E-state index contributed by atoms with van der Waals surface area (Å²) in [6.45, 7) is 2.21. The lowest BCUT2D eigenvalue weighted by atomic mass is 10.1. The van der Waals surface area contributed by atoms with Gasteiger partial charge in [0.15, 0.2) is 11.5 Å². The number of aromatic nitrogens is 1. The number of anilines is 1. The average Bonchev–Trinajstić information content (AvgIpc) is 3.11. The summed E-state index contributed by atoms with van der Waals surface area (Å²) in [5.74, 6) is 1.34. The average molecular weight is 326 g/mol. The van der Waals surface area contributed by atoms with Crippen molar-refractivity contribution in [3.05, 3.63) is 47.0 Å². The molecule has 5 nitrogen and oxygen atoms in total. The van der Waals surface area contributed by atoms with E-state index < -0.39 is 0 Å². The van der Waals surface area contributed by atoms with Crippen molar-refractivity contribution in [3.63, 3.8) is 0 Å². The van der Waals surface area contributed by atoms with Crippen LogP contribution in [0.4, 0.5) is 5.69 Å². The number of benzene rings is 2. The van der Waals surface area contributed by atoms with Crippen molar-refractivity contribution in [2.45, 2.75) is 13.3 Å². The van der Waals surface area contributed by atoms with Crippen LogP contribution in [0.25, 0.3) is 10.2 Å². The van der Waals surface area contributed by atoms with Crippen LogP contribution in [0.2, 0.25) is 0 Å². The van der Waals surface area contributed by atoms with Crippen LogP contribution in [-0.2, 0) is 11.2 Å². The molecule has 2 aromatic carbocycles. The monoisotopic (exact) mass is 326 g/mol. The molecule has 0 saturated carbocycles. The third kappa shape index (κ3) is 2.85. The van der Waals surface area contributed by atoms with Gasteiger partial charge in [-0.15, -0.1) is 11.3 Å². The SMILES string of the molecule is Cc1nc2cc(NC(=O)Cc3ccc4c(c3)OCO4)ccc2s1. The molecule has 0 atom stereocenters. The van der Waals surface area contributed by atoms with Crippen LogP contribution in [0.3, 0.4) is 0 Å². The van der Waals surface area contributed by atoms with Gasteiger partial charge in [-0.2, -0.15) is 0 Å². The zero-order valence-electron chi connectivity index (χ0n) is 12.5. The van der Waals surface area contributed by atoms with E-state index in [1.807, 2.05) is 43.3 Å². The Morgan fingerprint density at radius 2 is 2.09 bits per heavy atom. The fraction of sp³-hybridized carbons (Fsp3) is 0.176. The number of carbonyl (C=O) groups is 1. The minimum atomic E-state index is -0.0739. The molecule has 0 bridgehead atoms. The van der Waals surface area contributed by atoms with Crippen LogP contribution in [0.5, 0.6) is 11.5 Å². The lowest BCUT2D eigenvalue weighted by Gasteiger charge is -2.06. The Bertz CT molecular complexity index is 904. The van der Waals surface area contributed by atoms with E-state index >= 15 is 0 Å². The third-order valence-corrected chi connectivity index (χ3v) is 4.53. The second kappa shape index (κ2) is 5.55. The van der Waals surface area contributed by atoms with Crippen molar-refractivity contribution < 1.29 is 14.3 Å². The van der Waals surface area contributed by atoms with Crippen LogP contribution in [-0.4, -0.2) is 17.7 Å². The summed E-state index contributed by atoms with van der Waals surface area (Å²) in [5, 5.41) is 3.93. The maximum Gasteiger partial charge on any atom is 0.231 e. The number of fused-ring (bicyclic) bond motifs is 2. The first-order chi connectivity index (χ1) is 11.2. The first-order valence-corrected chi connectivity index (χ1v) is 8.04. The van der Waals surface area contributed by atoms with Gasteiger partial charge in [-0.1, -0.05) is 6.07 Å². The Morgan fingerprint density at radius 3 is 3.00 bits per heavy atom. The highest BCUT2D eigenvalue weighted by Gasteiger charge is 2.14. The molecule has 1 aromatic heterocycles. The summed E-state index contributed by atoms with van der Waals surface area (Å²) in [6, 6.07) is 11.3. The number of carbonyl (C=O) groups excluding carboxylic acids is 1. The lowest BCUT2D eigenvalue weighted by molar-refractivity contribution is -0.115. The Morgan fingerprint density at radius 1 is 1.22 bits per heavy atom. The van der Waals surface area contributed by atoms with Crippen LogP contribution < -0.4 is 14.8 Å². The van der Waals surface area contributed by atoms with Crippen molar-refractivity contribution >= 4 is 33.1 Å². The second-order valence-electron chi connectivity index (χ2n) is 5.33. The summed E-state index contributed by atoms with van der Waals surface area (Å²) < 4.78 is 11.7. The quantitative estimate of drug-likeness (QED) is 0.800. The van der Waals surface area contributed by atoms with E-state index in [1.165, 1.54) is 0 Å². The van der Waals surface area contributed by atoms with Crippen LogP contribution in [0.15, 0.2) is 36.4 Å². The van der Waals surface area contributed by atoms with E-state index in [1.54, 1.807) is 11.3 Å². The fourth-order valence-electron chi connectivity index (χ4n) is 2.56. The Hall–Kier alpha value is -2.60. The van der Waals surface area contributed by atoms with Gasteiger partial charge in [0, 0.05) is 5.69 Å². The topological polar surface area (TPSA) is 60.5 Å². The highest BCUT2D eigenvalue weighted by molar-refractivity contribution is 7.18. The van der Waals surface area contributed by atoms with Crippen LogP contribution in [0, 0.1) is 6.92 Å². The van der Waals surface area contributed by atoms with Gasteiger partial charge in [0.25, 0.3) is 0 Å². The Labute approximate surface area is 136 Å². The number of rotatable bonds is 3. The highest BCUT2D eigenvalue weighted by Crippen LogP contribution is 2.32. The number of nitrogens with zero attached hydrogens (tertiary/aromatic N) is 1. The van der Waals surface area contributed by atoms with E-state index in [4.69, 9.17) is 9.47 Å². The molecule has 23 heavy (non-hydrogen) atoms. The van der Waals surface area contributed by atoms with Gasteiger partial charge in [0.05, 0.1) is 21.6 Å². The minimum Gasteiger partial charge on any atom is -0.454 e. The molecule has 0 spiro atoms. The lowest BCUT2D eigenvalue weighted by Crippen LogP contribution is -2.14. The van der Waals surface area contributed by atoms with Gasteiger partial charge in [-0.3, -0.25) is 4.79 Å². The molecule has 0 saturated heterocycles. The van der Waals surface area contributed by atoms with E-state index in [2.05, 4.69) is 10.3 Å². The molecule has 1 amide bonds. The van der Waals surface area contributed by atoms with Gasteiger partial charge in [0.1, 0.15) is 0 Å². The second-order valence-corrected chi connectivity index (χ2v) is 6.56. The smallest absolute Gasteiger partial charge is 0.231 e. The molecule has 1 aliphatic rings. The van der Waals surface area contributed by atoms with Crippen molar-refractivity contribution in [2.75, 3.05) is 12.1 Å². The van der Waals surface area contributed by atoms with E-state index in [9.17, 15) is 4.79 Å². The summed E-state index contributed by atoms with van der Waals surface area (Å²) in [7, 11) is 0. The van der Waals surface area contributed by atoms with E-state index in [-0.39, 0.29) is 19.1 Å². The van der Waals surface area contributed by atoms with Crippen molar-refractivity contribution in [1.82, 2.24) is 4.98 Å². The summed E-state index contributed by atoms with van der Waals surface area (Å²) in [5.41, 5.74) is 2.55. The van der Waals surface area contributed by atoms with E-state index in [0.29, 0.717) is 5.75 Å². The molecule has 3 aromatic rings. The maximum atomic E-state index is 12.2. The first-order valence-electron chi connectivity index (χ1n) is 7.23. The molecule has 116 valence electrons. The zero-order valence-corrected chi connectivity index (χ0v) is 13.3. The van der Waals surface area contributed by atoms with Gasteiger partial charge < -0.3 is 14.8 Å². The molecular formula is C17H14N2O3S. The minimum absolute atomic E-state index is 0.0739. The van der Waals surface area contributed by atoms with Crippen molar-refractivity contribution in [3.8, 4) is 11.5 Å². The number of nitrogens with one attached hydrogen (secondary N) is 1. The molecule has 0 aliphatic carbocycles. The van der Waals surface area contributed by atoms with E-state index in [0.717, 1.165) is 32.2 Å². The van der Waals surface area contributed by atoms with Crippen LogP contribution >= 0.6 is 11.3 Å². The van der Waals surface area contributed by atoms with Gasteiger partial charge in [0.2, 0.25) is 12.7 Å². The number of hydrogen-bond acceptors (Lipinski definition) is 5. The third-order valence-electron chi connectivity index (χ3n) is 3.58. The molecule has 6 heteroatoms. The van der Waals surface area contributed by atoms with Gasteiger partial charge in [-0.25, -0.2) is 4.98 Å². The summed E-state index contributed by atoms with van der Waals surface area (Å²) >= 11 is 1.64. The summed E-state index contributed by atoms with van der Waals surface area (Å²) in [4.78, 5) is 16.7. The predicted molar refractivity (Wildman–Crippen MR) is 89.3 cm³/mol. The molecule has 1 N–H and O–H groups in total. The molecule has 0 radical (unpaired) electrons. The molecular weight excluding hydrogens is 312 g/mol. The predicted octanol–water partition coefficient (Wildman–Crippen LogP) is 3.51. The Kier molecular flexibility index (Phi) is 3.38. The standard InChI is InChI=1S/C17H14N2O3S/c1-10-18-13-8-12(3-5-16(13)23-10)19-17(20)7-11-2-4-14-15(6-11)22-9-21-14/h2-6,8H,7,9H2,1H3,(H,19,20). The van der Waals surface area contributed by atoms with Crippen LogP contribution in [0.1, 0.15) is 10.6 Å². The van der Waals surface area contributed by atoms with Crippen molar-refractivity contribution in [1.29, 1.82) is 0 Å². The largest absolute Gasteiger partial charge is 0.454 e. The fourth-order valence-corrected chi connectivity index (χ4v) is 3.37. The highest BCUT2D eigenvalue weighted by atomic mass is 32.1. The molecule has 2 heterocycles. The first kappa shape index (κ1) is 14.0. The molecule has 4 rings (SSSR count). The van der Waals surface area contributed by atoms with Gasteiger partial charge in [-0.05, 0) is 42.8 Å². The Balaban J connectivity index is 1.48. The summed E-state index contributed by atoms with van der Waals surface area (Å²) in [6.07, 6.45) is 0.283. The normalized spacial score (nSPS) is 12.6. The number of aryl methyl sites for hydroxylation is 1. The number of hydrogen-bond donors (Lipinski definition) is 1. The van der Waals surface area contributed by atoms with Gasteiger partial charge >= 0.3 is 0 Å². The maximum absolute atomic E-state index is 12.2. The van der Waals surface area contributed by atoms with Crippen molar-refractivity contribution in [2.24, 2.45) is 0 Å². The number of amides is 1. The molecule has 0 unspecified atom stereocenters. The molecule has 0 fully saturated rings.